The van der Waals surface area contributed by atoms with E-state index in [4.69, 9.17) is 9.47 Å². The van der Waals surface area contributed by atoms with Gasteiger partial charge in [0, 0.05) is 45.9 Å². The lowest BCUT2D eigenvalue weighted by atomic mass is 10.1. The highest BCUT2D eigenvalue weighted by Gasteiger charge is 2.35. The van der Waals surface area contributed by atoms with E-state index in [1.807, 2.05) is 7.05 Å². The van der Waals surface area contributed by atoms with Crippen LogP contribution in [0.15, 0.2) is 4.99 Å². The van der Waals surface area contributed by atoms with Gasteiger partial charge in [0.05, 0.1) is 12.7 Å². The molecule has 7 heteroatoms. The van der Waals surface area contributed by atoms with Gasteiger partial charge in [0.2, 0.25) is 0 Å². The summed E-state index contributed by atoms with van der Waals surface area (Å²) in [5, 5.41) is 3.62. The molecule has 4 aliphatic rings. The predicted octanol–water partition coefficient (Wildman–Crippen LogP) is 1.54. The van der Waals surface area contributed by atoms with Crippen LogP contribution >= 0.6 is 24.0 Å². The summed E-state index contributed by atoms with van der Waals surface area (Å²) in [5.41, 5.74) is 0. The number of morpholine rings is 1. The number of rotatable bonds is 4. The van der Waals surface area contributed by atoms with E-state index in [1.54, 1.807) is 0 Å². The third-order valence-electron chi connectivity index (χ3n) is 5.91. The average Bonchev–Trinajstić information content (AvgIpc) is 3.13. The van der Waals surface area contributed by atoms with Crippen molar-refractivity contribution in [1.82, 2.24) is 15.1 Å². The van der Waals surface area contributed by atoms with E-state index in [0.717, 1.165) is 63.6 Å². The highest BCUT2D eigenvalue weighted by atomic mass is 127. The summed E-state index contributed by atoms with van der Waals surface area (Å²) in [5.74, 6) is 1.79. The van der Waals surface area contributed by atoms with Crippen LogP contribution in [-0.2, 0) is 9.47 Å². The van der Waals surface area contributed by atoms with Gasteiger partial charge in [-0.3, -0.25) is 4.99 Å². The van der Waals surface area contributed by atoms with Gasteiger partial charge in [0.1, 0.15) is 6.10 Å². The molecule has 1 aliphatic carbocycles. The third kappa shape index (κ3) is 4.99. The molecule has 6 nitrogen and oxygen atoms in total. The Morgan fingerprint density at radius 3 is 2.60 bits per heavy atom. The van der Waals surface area contributed by atoms with Gasteiger partial charge in [-0.15, -0.1) is 24.0 Å². The fourth-order valence-electron chi connectivity index (χ4n) is 4.36. The zero-order valence-electron chi connectivity index (χ0n) is 15.4. The van der Waals surface area contributed by atoms with Gasteiger partial charge in [-0.05, 0) is 44.6 Å². The average molecular weight is 464 g/mol. The quantitative estimate of drug-likeness (QED) is 0.389. The Labute approximate surface area is 168 Å². The van der Waals surface area contributed by atoms with Crippen LogP contribution < -0.4 is 5.32 Å². The molecule has 0 radical (unpaired) electrons. The summed E-state index contributed by atoms with van der Waals surface area (Å²) < 4.78 is 11.8. The second-order valence-corrected chi connectivity index (χ2v) is 7.72. The minimum atomic E-state index is 0. The first-order chi connectivity index (χ1) is 11.8. The van der Waals surface area contributed by atoms with Crippen molar-refractivity contribution >= 4 is 29.9 Å². The number of aliphatic imine (C=N–C) groups is 1. The molecule has 3 saturated heterocycles. The van der Waals surface area contributed by atoms with Crippen molar-refractivity contribution in [3.63, 3.8) is 0 Å². The van der Waals surface area contributed by atoms with E-state index in [9.17, 15) is 0 Å². The van der Waals surface area contributed by atoms with Crippen LogP contribution in [0.2, 0.25) is 0 Å². The molecule has 3 unspecified atom stereocenters. The fraction of sp³-hybridized carbons (Fsp3) is 0.944. The minimum absolute atomic E-state index is 0. The number of ether oxygens (including phenoxy) is 2. The summed E-state index contributed by atoms with van der Waals surface area (Å²) in [6, 6.07) is 0.903. The highest BCUT2D eigenvalue weighted by Crippen LogP contribution is 2.31. The molecular formula is C18H33IN4O2. The molecule has 3 heterocycles. The maximum Gasteiger partial charge on any atom is 0.193 e. The summed E-state index contributed by atoms with van der Waals surface area (Å²) in [6.07, 6.45) is 6.91. The molecular weight excluding hydrogens is 431 g/mol. The molecule has 25 heavy (non-hydrogen) atoms. The Kier molecular flexibility index (Phi) is 7.22. The summed E-state index contributed by atoms with van der Waals surface area (Å²) in [6.45, 7) is 7.05. The fourth-order valence-corrected chi connectivity index (χ4v) is 4.36. The number of hydrogen-bond donors (Lipinski definition) is 1. The monoisotopic (exact) mass is 464 g/mol. The van der Waals surface area contributed by atoms with Gasteiger partial charge >= 0.3 is 0 Å². The molecule has 0 spiro atoms. The van der Waals surface area contributed by atoms with Crippen LogP contribution in [0.25, 0.3) is 0 Å². The smallest absolute Gasteiger partial charge is 0.193 e. The van der Waals surface area contributed by atoms with Crippen molar-refractivity contribution in [2.45, 2.75) is 50.4 Å². The second kappa shape index (κ2) is 9.19. The molecule has 0 aromatic heterocycles. The Balaban J connectivity index is 0.00000182. The first-order valence-corrected chi connectivity index (χ1v) is 9.76. The van der Waals surface area contributed by atoms with Crippen molar-refractivity contribution in [2.24, 2.45) is 10.9 Å². The van der Waals surface area contributed by atoms with Crippen LogP contribution in [-0.4, -0.2) is 87.0 Å². The first-order valence-electron chi connectivity index (χ1n) is 9.76. The molecule has 0 amide bonds. The van der Waals surface area contributed by atoms with E-state index < -0.39 is 0 Å². The van der Waals surface area contributed by atoms with Crippen LogP contribution in [0.1, 0.15) is 32.1 Å². The lowest BCUT2D eigenvalue weighted by Gasteiger charge is -2.37. The van der Waals surface area contributed by atoms with E-state index in [2.05, 4.69) is 20.1 Å². The minimum Gasteiger partial charge on any atom is -0.375 e. The molecule has 4 rings (SSSR count). The van der Waals surface area contributed by atoms with E-state index in [1.165, 1.54) is 32.4 Å². The van der Waals surface area contributed by atoms with Crippen molar-refractivity contribution in [3.05, 3.63) is 0 Å². The van der Waals surface area contributed by atoms with Crippen LogP contribution in [0, 0.1) is 5.92 Å². The second-order valence-electron chi connectivity index (χ2n) is 7.72. The van der Waals surface area contributed by atoms with Crippen molar-refractivity contribution in [3.8, 4) is 0 Å². The van der Waals surface area contributed by atoms with E-state index in [-0.39, 0.29) is 36.2 Å². The number of guanidine groups is 1. The molecule has 1 N–H and O–H groups in total. The Bertz CT molecular complexity index is 454. The van der Waals surface area contributed by atoms with Gasteiger partial charge in [0.15, 0.2) is 5.96 Å². The Morgan fingerprint density at radius 2 is 1.88 bits per heavy atom. The van der Waals surface area contributed by atoms with Gasteiger partial charge in [-0.25, -0.2) is 0 Å². The molecule has 0 aromatic carbocycles. The summed E-state index contributed by atoms with van der Waals surface area (Å²) in [4.78, 5) is 9.55. The summed E-state index contributed by atoms with van der Waals surface area (Å²) >= 11 is 0. The highest BCUT2D eigenvalue weighted by molar-refractivity contribution is 14.0. The lowest BCUT2D eigenvalue weighted by molar-refractivity contribution is -0.0817. The lowest BCUT2D eigenvalue weighted by Crippen LogP contribution is -2.53. The molecule has 4 fully saturated rings. The number of hydrogen-bond acceptors (Lipinski definition) is 4. The van der Waals surface area contributed by atoms with Crippen molar-refractivity contribution in [2.75, 3.05) is 53.0 Å². The molecule has 3 atom stereocenters. The molecule has 144 valence electrons. The van der Waals surface area contributed by atoms with Crippen LogP contribution in [0.5, 0.6) is 0 Å². The van der Waals surface area contributed by atoms with Crippen molar-refractivity contribution in [1.29, 1.82) is 0 Å². The third-order valence-corrected chi connectivity index (χ3v) is 5.91. The maximum absolute atomic E-state index is 5.96. The normalized spacial score (nSPS) is 34.2. The standard InChI is InChI=1S/C18H32N4O2.HI/c1-19-18(20-11-14-6-7-21(12-14)15-4-5-15)22-8-10-24-17(13-22)16-3-2-9-23-16;/h14-17H,2-13H2,1H3,(H,19,20);1H. The maximum atomic E-state index is 5.96. The summed E-state index contributed by atoms with van der Waals surface area (Å²) in [7, 11) is 1.89. The van der Waals surface area contributed by atoms with E-state index in [0.29, 0.717) is 0 Å². The molecule has 0 bridgehead atoms. The van der Waals surface area contributed by atoms with Gasteiger partial charge in [-0.1, -0.05) is 0 Å². The predicted molar refractivity (Wildman–Crippen MR) is 110 cm³/mol. The SMILES string of the molecule is CN=C(NCC1CCN(C2CC2)C1)N1CCOC(C2CCCO2)C1.I. The largest absolute Gasteiger partial charge is 0.375 e. The number of likely N-dealkylation sites (tertiary alicyclic amines) is 1. The van der Waals surface area contributed by atoms with Crippen molar-refractivity contribution < 1.29 is 9.47 Å². The number of nitrogens with zero attached hydrogens (tertiary/aromatic N) is 3. The number of nitrogens with one attached hydrogen (secondary N) is 1. The zero-order chi connectivity index (χ0) is 16.4. The zero-order valence-corrected chi connectivity index (χ0v) is 17.7. The molecule has 1 saturated carbocycles. The number of halogens is 1. The molecule has 3 aliphatic heterocycles. The Hall–Kier alpha value is -0.120. The van der Waals surface area contributed by atoms with Crippen LogP contribution in [0.3, 0.4) is 0 Å². The Morgan fingerprint density at radius 1 is 1.04 bits per heavy atom. The molecule has 0 aromatic rings. The topological polar surface area (TPSA) is 49.3 Å². The van der Waals surface area contributed by atoms with E-state index >= 15 is 0 Å². The van der Waals surface area contributed by atoms with Gasteiger partial charge < -0.3 is 24.6 Å². The van der Waals surface area contributed by atoms with Gasteiger partial charge in [-0.2, -0.15) is 0 Å². The van der Waals surface area contributed by atoms with Crippen LogP contribution in [0.4, 0.5) is 0 Å². The first kappa shape index (κ1) is 19.6. The van der Waals surface area contributed by atoms with Gasteiger partial charge in [0.25, 0.3) is 0 Å².